The number of nitrogens with one attached hydrogen (secondary N) is 1. The van der Waals surface area contributed by atoms with Crippen molar-refractivity contribution in [3.8, 4) is 5.75 Å². The second-order valence-corrected chi connectivity index (χ2v) is 5.45. The summed E-state index contributed by atoms with van der Waals surface area (Å²) >= 11 is 0. The summed E-state index contributed by atoms with van der Waals surface area (Å²) in [7, 11) is 0. The second-order valence-electron chi connectivity index (χ2n) is 5.45. The van der Waals surface area contributed by atoms with Crippen molar-refractivity contribution in [2.24, 2.45) is 0 Å². The molecule has 1 aromatic carbocycles. The van der Waals surface area contributed by atoms with Crippen LogP contribution in [0.1, 0.15) is 29.8 Å². The number of piperazine rings is 1. The molecular weight excluding hydrogens is 228 g/mol. The Balaban J connectivity index is 2.27. The van der Waals surface area contributed by atoms with E-state index in [9.17, 15) is 9.90 Å². The Kier molecular flexibility index (Phi) is 3.30. The quantitative estimate of drug-likeness (QED) is 0.792. The zero-order valence-electron chi connectivity index (χ0n) is 11.2. The predicted molar refractivity (Wildman–Crippen MR) is 70.8 cm³/mol. The Morgan fingerprint density at radius 1 is 1.44 bits per heavy atom. The van der Waals surface area contributed by atoms with Gasteiger partial charge >= 0.3 is 0 Å². The number of amides is 1. The minimum Gasteiger partial charge on any atom is -0.508 e. The van der Waals surface area contributed by atoms with E-state index in [-0.39, 0.29) is 17.2 Å². The molecule has 0 saturated carbocycles. The maximum Gasteiger partial charge on any atom is 0.254 e. The molecule has 0 aromatic heterocycles. The van der Waals surface area contributed by atoms with Gasteiger partial charge in [0.2, 0.25) is 0 Å². The average Bonchev–Trinajstić information content (AvgIpc) is 2.31. The molecule has 0 radical (unpaired) electrons. The summed E-state index contributed by atoms with van der Waals surface area (Å²) < 4.78 is 0. The number of phenols is 1. The summed E-state index contributed by atoms with van der Waals surface area (Å²) in [4.78, 5) is 14.3. The van der Waals surface area contributed by atoms with Crippen LogP contribution in [-0.4, -0.2) is 41.1 Å². The summed E-state index contributed by atoms with van der Waals surface area (Å²) in [6.07, 6.45) is 0. The molecule has 1 aliphatic heterocycles. The third-order valence-corrected chi connectivity index (χ3v) is 3.50. The van der Waals surface area contributed by atoms with Crippen LogP contribution in [0.15, 0.2) is 18.2 Å². The largest absolute Gasteiger partial charge is 0.508 e. The second kappa shape index (κ2) is 4.61. The van der Waals surface area contributed by atoms with E-state index in [0.29, 0.717) is 12.1 Å². The first-order valence-electron chi connectivity index (χ1n) is 6.24. The third kappa shape index (κ3) is 2.34. The number of phenolic OH excluding ortho intramolecular Hbond substituents is 1. The highest BCUT2D eigenvalue weighted by molar-refractivity contribution is 5.95. The number of aromatic hydroxyl groups is 1. The van der Waals surface area contributed by atoms with Crippen LogP contribution in [0.25, 0.3) is 0 Å². The smallest absolute Gasteiger partial charge is 0.254 e. The van der Waals surface area contributed by atoms with E-state index < -0.39 is 0 Å². The fourth-order valence-corrected chi connectivity index (χ4v) is 2.26. The first kappa shape index (κ1) is 12.9. The lowest BCUT2D eigenvalue weighted by Gasteiger charge is -2.42. The van der Waals surface area contributed by atoms with Gasteiger partial charge in [0.1, 0.15) is 5.75 Å². The van der Waals surface area contributed by atoms with Gasteiger partial charge in [-0.2, -0.15) is 0 Å². The van der Waals surface area contributed by atoms with E-state index in [1.165, 1.54) is 0 Å². The Hall–Kier alpha value is -1.55. The van der Waals surface area contributed by atoms with Crippen LogP contribution in [0.3, 0.4) is 0 Å². The molecule has 0 atom stereocenters. The van der Waals surface area contributed by atoms with Crippen LogP contribution in [0.2, 0.25) is 0 Å². The highest BCUT2D eigenvalue weighted by Gasteiger charge is 2.33. The highest BCUT2D eigenvalue weighted by atomic mass is 16.3. The Labute approximate surface area is 108 Å². The topological polar surface area (TPSA) is 52.6 Å². The van der Waals surface area contributed by atoms with Gasteiger partial charge in [-0.25, -0.2) is 0 Å². The van der Waals surface area contributed by atoms with E-state index >= 15 is 0 Å². The Morgan fingerprint density at radius 3 is 2.78 bits per heavy atom. The van der Waals surface area contributed by atoms with E-state index in [1.54, 1.807) is 18.2 Å². The molecule has 1 aliphatic rings. The van der Waals surface area contributed by atoms with Crippen molar-refractivity contribution in [1.82, 2.24) is 10.2 Å². The number of hydrogen-bond donors (Lipinski definition) is 2. The minimum atomic E-state index is -0.199. The van der Waals surface area contributed by atoms with Crippen LogP contribution in [-0.2, 0) is 0 Å². The monoisotopic (exact) mass is 248 g/mol. The number of carbonyl (C=O) groups is 1. The molecule has 0 unspecified atom stereocenters. The fraction of sp³-hybridized carbons (Fsp3) is 0.500. The van der Waals surface area contributed by atoms with Gasteiger partial charge in [0.25, 0.3) is 5.91 Å². The van der Waals surface area contributed by atoms with Gasteiger partial charge in [-0.3, -0.25) is 4.79 Å². The van der Waals surface area contributed by atoms with Crippen LogP contribution in [0.4, 0.5) is 0 Å². The number of benzene rings is 1. The molecule has 4 nitrogen and oxygen atoms in total. The van der Waals surface area contributed by atoms with Gasteiger partial charge in [-0.15, -0.1) is 0 Å². The molecule has 1 heterocycles. The van der Waals surface area contributed by atoms with Crippen LogP contribution < -0.4 is 5.32 Å². The van der Waals surface area contributed by atoms with Crippen molar-refractivity contribution in [3.63, 3.8) is 0 Å². The van der Waals surface area contributed by atoms with E-state index in [1.807, 2.05) is 25.7 Å². The van der Waals surface area contributed by atoms with Crippen molar-refractivity contribution < 1.29 is 9.90 Å². The highest BCUT2D eigenvalue weighted by Crippen LogP contribution is 2.23. The molecule has 2 rings (SSSR count). The number of carbonyl (C=O) groups excluding carboxylic acids is 1. The summed E-state index contributed by atoms with van der Waals surface area (Å²) in [5, 5.41) is 13.0. The maximum absolute atomic E-state index is 12.5. The zero-order valence-corrected chi connectivity index (χ0v) is 11.2. The molecule has 0 bridgehead atoms. The Bertz CT molecular complexity index is 469. The van der Waals surface area contributed by atoms with Crippen LogP contribution in [0, 0.1) is 6.92 Å². The lowest BCUT2D eigenvalue weighted by atomic mass is 9.98. The molecule has 1 amide bonds. The molecule has 98 valence electrons. The standard InChI is InChI=1S/C14H20N2O2/c1-10-4-5-11(8-12(10)17)13(18)16-7-6-15-9-14(16,2)3/h4-5,8,15,17H,6-7,9H2,1-3H3. The number of aryl methyl sites for hydroxylation is 1. The maximum atomic E-state index is 12.5. The van der Waals surface area contributed by atoms with Crippen molar-refractivity contribution in [3.05, 3.63) is 29.3 Å². The van der Waals surface area contributed by atoms with E-state index in [0.717, 1.165) is 18.7 Å². The van der Waals surface area contributed by atoms with Crippen molar-refractivity contribution in [1.29, 1.82) is 0 Å². The van der Waals surface area contributed by atoms with Gasteiger partial charge < -0.3 is 15.3 Å². The van der Waals surface area contributed by atoms with Crippen molar-refractivity contribution in [2.45, 2.75) is 26.3 Å². The molecule has 0 spiro atoms. The number of hydrogen-bond acceptors (Lipinski definition) is 3. The zero-order chi connectivity index (χ0) is 13.3. The molecule has 18 heavy (non-hydrogen) atoms. The SMILES string of the molecule is Cc1ccc(C(=O)N2CCNCC2(C)C)cc1O. The summed E-state index contributed by atoms with van der Waals surface area (Å²) in [6, 6.07) is 5.10. The van der Waals surface area contributed by atoms with Gasteiger partial charge in [0, 0.05) is 25.2 Å². The van der Waals surface area contributed by atoms with Gasteiger partial charge in [0.05, 0.1) is 5.54 Å². The van der Waals surface area contributed by atoms with Crippen LogP contribution >= 0.6 is 0 Å². The Morgan fingerprint density at radius 2 is 2.17 bits per heavy atom. The molecule has 4 heteroatoms. The molecule has 1 fully saturated rings. The average molecular weight is 248 g/mol. The van der Waals surface area contributed by atoms with E-state index in [2.05, 4.69) is 5.32 Å². The normalized spacial score (nSPS) is 18.7. The van der Waals surface area contributed by atoms with Gasteiger partial charge in [-0.05, 0) is 38.5 Å². The lowest BCUT2D eigenvalue weighted by molar-refractivity contribution is 0.0477. The third-order valence-electron chi connectivity index (χ3n) is 3.50. The first-order valence-corrected chi connectivity index (χ1v) is 6.24. The van der Waals surface area contributed by atoms with Crippen LogP contribution in [0.5, 0.6) is 5.75 Å². The lowest BCUT2D eigenvalue weighted by Crippen LogP contribution is -2.59. The van der Waals surface area contributed by atoms with Gasteiger partial charge in [0.15, 0.2) is 0 Å². The molecule has 0 aliphatic carbocycles. The molecule has 1 aromatic rings. The molecular formula is C14H20N2O2. The summed E-state index contributed by atoms with van der Waals surface area (Å²) in [5.41, 5.74) is 1.13. The number of rotatable bonds is 1. The van der Waals surface area contributed by atoms with Crippen molar-refractivity contribution >= 4 is 5.91 Å². The van der Waals surface area contributed by atoms with Crippen molar-refractivity contribution in [2.75, 3.05) is 19.6 Å². The molecule has 2 N–H and O–H groups in total. The fourth-order valence-electron chi connectivity index (χ4n) is 2.26. The van der Waals surface area contributed by atoms with E-state index in [4.69, 9.17) is 0 Å². The summed E-state index contributed by atoms with van der Waals surface area (Å²) in [5.74, 6) is 0.158. The van der Waals surface area contributed by atoms with Gasteiger partial charge in [-0.1, -0.05) is 6.07 Å². The first-order chi connectivity index (χ1) is 8.42. The molecule has 1 saturated heterocycles. The number of nitrogens with zero attached hydrogens (tertiary/aromatic N) is 1. The minimum absolute atomic E-state index is 0.0169. The summed E-state index contributed by atoms with van der Waals surface area (Å²) in [6.45, 7) is 8.21. The predicted octanol–water partition coefficient (Wildman–Crippen LogP) is 1.52.